The molecule has 0 spiro atoms. The highest BCUT2D eigenvalue weighted by Gasteiger charge is 2.29. The molecular weight excluding hydrogens is 314 g/mol. The molecule has 0 radical (unpaired) electrons. The number of pyridine rings is 1. The normalized spacial score (nSPS) is 20.4. The monoisotopic (exact) mass is 339 g/mol. The Labute approximate surface area is 149 Å². The summed E-state index contributed by atoms with van der Waals surface area (Å²) in [5, 5.41) is 3.50. The van der Waals surface area contributed by atoms with Crippen LogP contribution in [0.2, 0.25) is 0 Å². The van der Waals surface area contributed by atoms with Crippen LogP contribution in [0.4, 0.5) is 5.82 Å². The Morgan fingerprint density at radius 1 is 1.24 bits per heavy atom. The number of carbonyl (C=O) groups excluding carboxylic acids is 1. The van der Waals surface area contributed by atoms with Crippen LogP contribution >= 0.6 is 0 Å². The van der Waals surface area contributed by atoms with Gasteiger partial charge in [0.25, 0.3) is 0 Å². The fourth-order valence-corrected chi connectivity index (χ4v) is 3.23. The summed E-state index contributed by atoms with van der Waals surface area (Å²) in [6.07, 6.45) is 1.57. The molecule has 2 atom stereocenters. The number of benzene rings is 1. The van der Waals surface area contributed by atoms with Crippen molar-refractivity contribution in [3.8, 4) is 0 Å². The summed E-state index contributed by atoms with van der Waals surface area (Å²) in [7, 11) is 0. The minimum absolute atomic E-state index is 0.329. The molecule has 2 aromatic rings. The maximum atomic E-state index is 11.7. The molecule has 132 valence electrons. The van der Waals surface area contributed by atoms with Crippen LogP contribution in [-0.4, -0.2) is 41.6 Å². The second-order valence-electron chi connectivity index (χ2n) is 6.56. The second kappa shape index (κ2) is 8.12. The Hall–Kier alpha value is -2.40. The topological polar surface area (TPSA) is 54.5 Å². The highest BCUT2D eigenvalue weighted by Crippen LogP contribution is 2.22. The molecule has 1 fully saturated rings. The van der Waals surface area contributed by atoms with E-state index in [9.17, 15) is 4.79 Å². The number of anilines is 1. The number of hydrogen-bond acceptors (Lipinski definition) is 5. The number of aromatic nitrogens is 1. The lowest BCUT2D eigenvalue weighted by Gasteiger charge is -2.18. The summed E-state index contributed by atoms with van der Waals surface area (Å²) in [6, 6.07) is 14.5. The van der Waals surface area contributed by atoms with E-state index in [1.807, 2.05) is 12.1 Å². The zero-order valence-corrected chi connectivity index (χ0v) is 14.8. The van der Waals surface area contributed by atoms with Gasteiger partial charge in [0.05, 0.1) is 12.2 Å². The maximum absolute atomic E-state index is 11.7. The van der Waals surface area contributed by atoms with E-state index in [1.54, 1.807) is 19.2 Å². The van der Waals surface area contributed by atoms with Crippen LogP contribution in [0.15, 0.2) is 48.7 Å². The van der Waals surface area contributed by atoms with E-state index in [0.717, 1.165) is 25.5 Å². The Balaban J connectivity index is 1.56. The Morgan fingerprint density at radius 2 is 2.04 bits per heavy atom. The van der Waals surface area contributed by atoms with Crippen molar-refractivity contribution in [2.45, 2.75) is 26.4 Å². The summed E-state index contributed by atoms with van der Waals surface area (Å²) in [5.74, 6) is 1.01. The number of esters is 1. The van der Waals surface area contributed by atoms with Crippen molar-refractivity contribution in [2.75, 3.05) is 25.0 Å². The molecule has 1 N–H and O–H groups in total. The number of carbonyl (C=O) groups is 1. The van der Waals surface area contributed by atoms with Crippen LogP contribution < -0.4 is 5.32 Å². The van der Waals surface area contributed by atoms with Gasteiger partial charge in [-0.3, -0.25) is 4.90 Å². The molecule has 1 aromatic carbocycles. The van der Waals surface area contributed by atoms with Crippen molar-refractivity contribution in [1.82, 2.24) is 9.88 Å². The summed E-state index contributed by atoms with van der Waals surface area (Å²) in [4.78, 5) is 18.5. The van der Waals surface area contributed by atoms with Gasteiger partial charge >= 0.3 is 5.97 Å². The van der Waals surface area contributed by atoms with Gasteiger partial charge in [-0.2, -0.15) is 0 Å². The van der Waals surface area contributed by atoms with E-state index in [0.29, 0.717) is 24.1 Å². The predicted octanol–water partition coefficient (Wildman–Crippen LogP) is 3.19. The van der Waals surface area contributed by atoms with E-state index in [4.69, 9.17) is 4.74 Å². The fourth-order valence-electron chi connectivity index (χ4n) is 3.23. The molecule has 5 nitrogen and oxygen atoms in total. The number of rotatable bonds is 6. The fraction of sp³-hybridized carbons (Fsp3) is 0.400. The first-order chi connectivity index (χ1) is 12.2. The molecule has 1 aliphatic rings. The van der Waals surface area contributed by atoms with E-state index < -0.39 is 0 Å². The SMILES string of the molecule is CCOC(=O)c1ccc(NC2CN(Cc3ccccc3)CC2C)nc1. The molecule has 1 aromatic heterocycles. The molecule has 0 aliphatic carbocycles. The lowest BCUT2D eigenvalue weighted by molar-refractivity contribution is 0.0526. The number of nitrogens with zero attached hydrogens (tertiary/aromatic N) is 2. The Kier molecular flexibility index (Phi) is 5.66. The average molecular weight is 339 g/mol. The lowest BCUT2D eigenvalue weighted by Crippen LogP contribution is -2.28. The van der Waals surface area contributed by atoms with Gasteiger partial charge in [-0.05, 0) is 30.5 Å². The summed E-state index contributed by atoms with van der Waals surface area (Å²) in [6.45, 7) is 7.44. The van der Waals surface area contributed by atoms with Crippen LogP contribution in [0.3, 0.4) is 0 Å². The van der Waals surface area contributed by atoms with Gasteiger partial charge in [0.2, 0.25) is 0 Å². The van der Waals surface area contributed by atoms with Gasteiger partial charge in [0, 0.05) is 31.9 Å². The number of likely N-dealkylation sites (tertiary alicyclic amines) is 1. The van der Waals surface area contributed by atoms with E-state index in [2.05, 4.69) is 46.4 Å². The standard InChI is InChI=1S/C20H25N3O2/c1-3-25-20(24)17-9-10-19(21-11-17)22-18-14-23(12-15(18)2)13-16-7-5-4-6-8-16/h4-11,15,18H,3,12-14H2,1-2H3,(H,21,22). The minimum Gasteiger partial charge on any atom is -0.462 e. The lowest BCUT2D eigenvalue weighted by atomic mass is 10.1. The Bertz CT molecular complexity index is 688. The van der Waals surface area contributed by atoms with Gasteiger partial charge in [-0.15, -0.1) is 0 Å². The zero-order chi connectivity index (χ0) is 17.6. The first-order valence-electron chi connectivity index (χ1n) is 8.81. The third-order valence-electron chi connectivity index (χ3n) is 4.54. The van der Waals surface area contributed by atoms with Gasteiger partial charge in [0.15, 0.2) is 0 Å². The minimum atomic E-state index is -0.329. The van der Waals surface area contributed by atoms with Crippen LogP contribution in [0.5, 0.6) is 0 Å². The second-order valence-corrected chi connectivity index (χ2v) is 6.56. The number of nitrogens with one attached hydrogen (secondary N) is 1. The highest BCUT2D eigenvalue weighted by molar-refractivity contribution is 5.89. The third kappa shape index (κ3) is 4.57. The van der Waals surface area contributed by atoms with Crippen LogP contribution in [-0.2, 0) is 11.3 Å². The Morgan fingerprint density at radius 3 is 2.72 bits per heavy atom. The summed E-state index contributed by atoms with van der Waals surface area (Å²) in [5.41, 5.74) is 1.82. The zero-order valence-electron chi connectivity index (χ0n) is 14.8. The van der Waals surface area contributed by atoms with Crippen LogP contribution in [0, 0.1) is 5.92 Å². The molecule has 2 heterocycles. The van der Waals surface area contributed by atoms with Crippen molar-refractivity contribution in [1.29, 1.82) is 0 Å². The summed E-state index contributed by atoms with van der Waals surface area (Å²) >= 11 is 0. The van der Waals surface area contributed by atoms with E-state index in [-0.39, 0.29) is 5.97 Å². The summed E-state index contributed by atoms with van der Waals surface area (Å²) < 4.78 is 4.98. The van der Waals surface area contributed by atoms with Gasteiger partial charge < -0.3 is 10.1 Å². The van der Waals surface area contributed by atoms with Crippen molar-refractivity contribution in [2.24, 2.45) is 5.92 Å². The number of ether oxygens (including phenoxy) is 1. The van der Waals surface area contributed by atoms with Crippen molar-refractivity contribution >= 4 is 11.8 Å². The first-order valence-corrected chi connectivity index (χ1v) is 8.81. The highest BCUT2D eigenvalue weighted by atomic mass is 16.5. The van der Waals surface area contributed by atoms with E-state index >= 15 is 0 Å². The molecule has 3 rings (SSSR count). The largest absolute Gasteiger partial charge is 0.462 e. The van der Waals surface area contributed by atoms with Crippen LogP contribution in [0.1, 0.15) is 29.8 Å². The molecule has 1 saturated heterocycles. The molecule has 1 aliphatic heterocycles. The van der Waals surface area contributed by atoms with E-state index in [1.165, 1.54) is 5.56 Å². The molecule has 2 unspecified atom stereocenters. The molecule has 25 heavy (non-hydrogen) atoms. The molecule has 0 saturated carbocycles. The third-order valence-corrected chi connectivity index (χ3v) is 4.54. The molecule has 5 heteroatoms. The molecular formula is C20H25N3O2. The smallest absolute Gasteiger partial charge is 0.339 e. The van der Waals surface area contributed by atoms with Crippen molar-refractivity contribution < 1.29 is 9.53 Å². The number of hydrogen-bond donors (Lipinski definition) is 1. The van der Waals surface area contributed by atoms with Crippen molar-refractivity contribution in [3.05, 3.63) is 59.8 Å². The van der Waals surface area contributed by atoms with Gasteiger partial charge in [-0.1, -0.05) is 37.3 Å². The van der Waals surface area contributed by atoms with Crippen LogP contribution in [0.25, 0.3) is 0 Å². The van der Waals surface area contributed by atoms with Gasteiger partial charge in [-0.25, -0.2) is 9.78 Å². The maximum Gasteiger partial charge on any atom is 0.339 e. The average Bonchev–Trinajstić information content (AvgIpc) is 2.96. The molecule has 0 amide bonds. The van der Waals surface area contributed by atoms with Gasteiger partial charge in [0.1, 0.15) is 5.82 Å². The van der Waals surface area contributed by atoms with Crippen molar-refractivity contribution in [3.63, 3.8) is 0 Å². The first kappa shape index (κ1) is 17.4. The quantitative estimate of drug-likeness (QED) is 0.819. The predicted molar refractivity (Wildman–Crippen MR) is 98.5 cm³/mol. The molecule has 0 bridgehead atoms.